The molecule has 1 saturated heterocycles. The van der Waals surface area contributed by atoms with Gasteiger partial charge in [-0.25, -0.2) is 4.79 Å². The minimum Gasteiger partial charge on any atom is -0.453 e. The standard InChI is InChI=1S/C9H17NO3/c1-13-9(12)10-6-3-2-4-8(10)5-7-11/h8,11H,2-7H2,1H3. The fraction of sp³-hybridized carbons (Fsp3) is 0.889. The molecule has 1 heterocycles. The molecular formula is C9H17NO3. The molecule has 1 aliphatic rings. The van der Waals surface area contributed by atoms with E-state index in [2.05, 4.69) is 4.74 Å². The smallest absolute Gasteiger partial charge is 0.409 e. The number of piperidine rings is 1. The van der Waals surface area contributed by atoms with E-state index < -0.39 is 0 Å². The fourth-order valence-electron chi connectivity index (χ4n) is 1.81. The van der Waals surface area contributed by atoms with Crippen LogP contribution in [0.2, 0.25) is 0 Å². The van der Waals surface area contributed by atoms with Crippen LogP contribution in [0.5, 0.6) is 0 Å². The van der Waals surface area contributed by atoms with Gasteiger partial charge in [-0.2, -0.15) is 0 Å². The number of aliphatic hydroxyl groups is 1. The third kappa shape index (κ3) is 2.59. The summed E-state index contributed by atoms with van der Waals surface area (Å²) < 4.78 is 4.67. The highest BCUT2D eigenvalue weighted by molar-refractivity contribution is 5.67. The summed E-state index contributed by atoms with van der Waals surface area (Å²) in [5.41, 5.74) is 0. The number of carbonyl (C=O) groups is 1. The summed E-state index contributed by atoms with van der Waals surface area (Å²) in [4.78, 5) is 13.0. The normalized spacial score (nSPS) is 22.9. The Labute approximate surface area is 78.5 Å². The van der Waals surface area contributed by atoms with Crippen LogP contribution in [0.15, 0.2) is 0 Å². The minimum absolute atomic E-state index is 0.137. The van der Waals surface area contributed by atoms with Gasteiger partial charge >= 0.3 is 6.09 Å². The molecule has 1 N–H and O–H groups in total. The molecule has 1 aliphatic heterocycles. The molecule has 0 aliphatic carbocycles. The van der Waals surface area contributed by atoms with E-state index in [1.807, 2.05) is 0 Å². The Bertz CT molecular complexity index is 170. The monoisotopic (exact) mass is 187 g/mol. The van der Waals surface area contributed by atoms with Crippen molar-refractivity contribution in [1.29, 1.82) is 0 Å². The van der Waals surface area contributed by atoms with E-state index in [1.165, 1.54) is 7.11 Å². The second kappa shape index (κ2) is 5.07. The molecule has 1 rings (SSSR count). The second-order valence-corrected chi connectivity index (χ2v) is 3.33. The first-order valence-electron chi connectivity index (χ1n) is 4.75. The maximum atomic E-state index is 11.3. The lowest BCUT2D eigenvalue weighted by molar-refractivity contribution is 0.0803. The van der Waals surface area contributed by atoms with Crippen molar-refractivity contribution < 1.29 is 14.6 Å². The molecule has 13 heavy (non-hydrogen) atoms. The third-order valence-electron chi connectivity index (χ3n) is 2.50. The Kier molecular flexibility index (Phi) is 4.02. The van der Waals surface area contributed by atoms with Crippen molar-refractivity contribution in [3.8, 4) is 0 Å². The average molecular weight is 187 g/mol. The largest absolute Gasteiger partial charge is 0.453 e. The number of methoxy groups -OCH3 is 1. The van der Waals surface area contributed by atoms with Crippen molar-refractivity contribution in [2.24, 2.45) is 0 Å². The highest BCUT2D eigenvalue weighted by Crippen LogP contribution is 2.19. The first-order valence-corrected chi connectivity index (χ1v) is 4.75. The van der Waals surface area contributed by atoms with Crippen molar-refractivity contribution >= 4 is 6.09 Å². The lowest BCUT2D eigenvalue weighted by atomic mass is 10.0. The zero-order valence-electron chi connectivity index (χ0n) is 8.03. The van der Waals surface area contributed by atoms with Crippen LogP contribution in [0.25, 0.3) is 0 Å². The molecule has 0 aromatic carbocycles. The van der Waals surface area contributed by atoms with E-state index in [0.29, 0.717) is 6.42 Å². The Morgan fingerprint density at radius 2 is 2.38 bits per heavy atom. The van der Waals surface area contributed by atoms with Gasteiger partial charge in [-0.3, -0.25) is 0 Å². The lowest BCUT2D eigenvalue weighted by Gasteiger charge is -2.34. The Morgan fingerprint density at radius 1 is 1.62 bits per heavy atom. The van der Waals surface area contributed by atoms with Gasteiger partial charge in [-0.15, -0.1) is 0 Å². The number of hydrogen-bond donors (Lipinski definition) is 1. The van der Waals surface area contributed by atoms with Crippen molar-refractivity contribution in [2.75, 3.05) is 20.3 Å². The summed E-state index contributed by atoms with van der Waals surface area (Å²) in [6.07, 6.45) is 3.55. The summed E-state index contributed by atoms with van der Waals surface area (Å²) in [7, 11) is 1.40. The fourth-order valence-corrected chi connectivity index (χ4v) is 1.81. The Balaban J connectivity index is 2.50. The van der Waals surface area contributed by atoms with Gasteiger partial charge in [0.15, 0.2) is 0 Å². The quantitative estimate of drug-likeness (QED) is 0.701. The maximum Gasteiger partial charge on any atom is 0.409 e. The van der Waals surface area contributed by atoms with E-state index in [0.717, 1.165) is 25.8 Å². The van der Waals surface area contributed by atoms with Crippen LogP contribution in [-0.4, -0.2) is 42.4 Å². The maximum absolute atomic E-state index is 11.3. The molecule has 4 nitrogen and oxygen atoms in total. The van der Waals surface area contributed by atoms with Crippen LogP contribution < -0.4 is 0 Å². The summed E-state index contributed by atoms with van der Waals surface area (Å²) in [5, 5.41) is 8.81. The van der Waals surface area contributed by atoms with Crippen molar-refractivity contribution in [3.05, 3.63) is 0 Å². The zero-order chi connectivity index (χ0) is 9.68. The minimum atomic E-state index is -0.266. The SMILES string of the molecule is COC(=O)N1CCCCC1CCO. The zero-order valence-corrected chi connectivity index (χ0v) is 8.03. The number of amides is 1. The molecule has 0 bridgehead atoms. The molecule has 76 valence electrons. The van der Waals surface area contributed by atoms with Crippen LogP contribution in [-0.2, 0) is 4.74 Å². The van der Waals surface area contributed by atoms with Gasteiger partial charge in [-0.05, 0) is 25.7 Å². The molecule has 1 amide bonds. The molecule has 0 spiro atoms. The van der Waals surface area contributed by atoms with E-state index in [4.69, 9.17) is 5.11 Å². The number of ether oxygens (including phenoxy) is 1. The number of carbonyl (C=O) groups excluding carboxylic acids is 1. The molecule has 0 saturated carbocycles. The first kappa shape index (κ1) is 10.3. The number of likely N-dealkylation sites (tertiary alicyclic amines) is 1. The Morgan fingerprint density at radius 3 is 3.00 bits per heavy atom. The summed E-state index contributed by atoms with van der Waals surface area (Å²) >= 11 is 0. The van der Waals surface area contributed by atoms with Crippen LogP contribution in [0.3, 0.4) is 0 Å². The van der Waals surface area contributed by atoms with Crippen LogP contribution in [0, 0.1) is 0 Å². The summed E-state index contributed by atoms with van der Waals surface area (Å²) in [6.45, 7) is 0.898. The van der Waals surface area contributed by atoms with Crippen molar-refractivity contribution in [2.45, 2.75) is 31.7 Å². The molecule has 0 aromatic heterocycles. The van der Waals surface area contributed by atoms with Crippen LogP contribution in [0.1, 0.15) is 25.7 Å². The van der Waals surface area contributed by atoms with Gasteiger partial charge in [0.1, 0.15) is 0 Å². The predicted molar refractivity (Wildman–Crippen MR) is 48.5 cm³/mol. The molecule has 0 aromatic rings. The van der Waals surface area contributed by atoms with Gasteiger partial charge in [0.25, 0.3) is 0 Å². The average Bonchev–Trinajstić information content (AvgIpc) is 2.18. The lowest BCUT2D eigenvalue weighted by Crippen LogP contribution is -2.44. The number of hydrogen-bond acceptors (Lipinski definition) is 3. The topological polar surface area (TPSA) is 49.8 Å². The van der Waals surface area contributed by atoms with E-state index in [1.54, 1.807) is 4.90 Å². The van der Waals surface area contributed by atoms with Crippen LogP contribution in [0.4, 0.5) is 4.79 Å². The van der Waals surface area contributed by atoms with Gasteiger partial charge in [-0.1, -0.05) is 0 Å². The van der Waals surface area contributed by atoms with E-state index >= 15 is 0 Å². The molecule has 4 heteroatoms. The molecule has 1 atom stereocenters. The number of nitrogens with zero attached hydrogens (tertiary/aromatic N) is 1. The second-order valence-electron chi connectivity index (χ2n) is 3.33. The van der Waals surface area contributed by atoms with Crippen molar-refractivity contribution in [1.82, 2.24) is 4.90 Å². The molecule has 1 fully saturated rings. The summed E-state index contributed by atoms with van der Waals surface area (Å²) in [6, 6.07) is 0.172. The predicted octanol–water partition coefficient (Wildman–Crippen LogP) is 0.990. The van der Waals surface area contributed by atoms with E-state index in [9.17, 15) is 4.79 Å². The molecular weight excluding hydrogens is 170 g/mol. The highest BCUT2D eigenvalue weighted by Gasteiger charge is 2.26. The third-order valence-corrected chi connectivity index (χ3v) is 2.50. The van der Waals surface area contributed by atoms with Gasteiger partial charge in [0.05, 0.1) is 7.11 Å². The van der Waals surface area contributed by atoms with E-state index in [-0.39, 0.29) is 18.7 Å². The molecule has 0 radical (unpaired) electrons. The highest BCUT2D eigenvalue weighted by atomic mass is 16.5. The van der Waals surface area contributed by atoms with Gasteiger partial charge < -0.3 is 14.7 Å². The van der Waals surface area contributed by atoms with Crippen molar-refractivity contribution in [3.63, 3.8) is 0 Å². The first-order chi connectivity index (χ1) is 6.29. The van der Waals surface area contributed by atoms with Crippen LogP contribution >= 0.6 is 0 Å². The number of rotatable bonds is 2. The summed E-state index contributed by atoms with van der Waals surface area (Å²) in [5.74, 6) is 0. The Hall–Kier alpha value is -0.770. The number of aliphatic hydroxyl groups excluding tert-OH is 1. The van der Waals surface area contributed by atoms with Gasteiger partial charge in [0.2, 0.25) is 0 Å². The van der Waals surface area contributed by atoms with Gasteiger partial charge in [0, 0.05) is 19.2 Å². The molecule has 1 unspecified atom stereocenters.